The van der Waals surface area contributed by atoms with Gasteiger partial charge in [0.05, 0.1) is 11.1 Å². The van der Waals surface area contributed by atoms with E-state index in [0.29, 0.717) is 0 Å². The lowest BCUT2D eigenvalue weighted by atomic mass is 9.91. The minimum Gasteiger partial charge on any atom is -0.478 e. The molecule has 6 N–H and O–H groups in total. The molecule has 0 radical (unpaired) electrons. The van der Waals surface area contributed by atoms with Crippen molar-refractivity contribution < 1.29 is 29.4 Å². The van der Waals surface area contributed by atoms with Gasteiger partial charge in [-0.15, -0.1) is 0 Å². The third kappa shape index (κ3) is 2.22. The van der Waals surface area contributed by atoms with Gasteiger partial charge in [-0.05, 0) is 24.3 Å². The van der Waals surface area contributed by atoms with Crippen LogP contribution in [0.1, 0.15) is 41.4 Å². The Morgan fingerprint density at radius 2 is 0.909 bits per heavy atom. The number of nitrogens with two attached hydrogens (primary N) is 2. The van der Waals surface area contributed by atoms with Crippen molar-refractivity contribution in [3.05, 3.63) is 46.5 Å². The van der Waals surface area contributed by atoms with E-state index in [-0.39, 0.29) is 33.0 Å². The van der Waals surface area contributed by atoms with Crippen molar-refractivity contribution in [3.63, 3.8) is 0 Å². The summed E-state index contributed by atoms with van der Waals surface area (Å²) in [5, 5.41) is 18.0. The third-order valence-electron chi connectivity index (χ3n) is 3.15. The van der Waals surface area contributed by atoms with E-state index in [1.165, 1.54) is 0 Å². The number of carboxylic acids is 2. The Hall–Kier alpha value is -3.42. The highest BCUT2D eigenvalue weighted by Gasteiger charge is 2.23. The van der Waals surface area contributed by atoms with Crippen molar-refractivity contribution in [2.45, 2.75) is 0 Å². The van der Waals surface area contributed by atoms with E-state index >= 15 is 0 Å². The smallest absolute Gasteiger partial charge is 0.336 e. The second-order valence-corrected chi connectivity index (χ2v) is 4.41. The fraction of sp³-hybridized carbons (Fsp3) is 0. The fourth-order valence-corrected chi connectivity index (χ4v) is 2.26. The van der Waals surface area contributed by atoms with Gasteiger partial charge in [0.15, 0.2) is 0 Å². The second-order valence-electron chi connectivity index (χ2n) is 4.41. The molecule has 0 aliphatic carbocycles. The average Bonchev–Trinajstić information content (AvgIpc) is 2.43. The topological polar surface area (TPSA) is 161 Å². The maximum Gasteiger partial charge on any atom is 0.336 e. The van der Waals surface area contributed by atoms with Gasteiger partial charge in [0.25, 0.3) is 0 Å². The van der Waals surface area contributed by atoms with E-state index in [9.17, 15) is 29.4 Å². The fourth-order valence-electron chi connectivity index (χ4n) is 2.26. The Kier molecular flexibility index (Phi) is 3.52. The van der Waals surface area contributed by atoms with Gasteiger partial charge in [-0.25, -0.2) is 9.59 Å². The maximum atomic E-state index is 11.5. The van der Waals surface area contributed by atoms with Crippen molar-refractivity contribution in [1.82, 2.24) is 0 Å². The second kappa shape index (κ2) is 5.17. The van der Waals surface area contributed by atoms with Crippen LogP contribution in [0.3, 0.4) is 0 Å². The molecule has 2 rings (SSSR count). The van der Waals surface area contributed by atoms with Gasteiger partial charge in [0.2, 0.25) is 11.8 Å². The van der Waals surface area contributed by atoms with Gasteiger partial charge in [-0.3, -0.25) is 9.59 Å². The predicted molar refractivity (Wildman–Crippen MR) is 74.9 cm³/mol. The van der Waals surface area contributed by atoms with Crippen molar-refractivity contribution in [3.8, 4) is 0 Å². The summed E-state index contributed by atoms with van der Waals surface area (Å²) in [4.78, 5) is 45.7. The van der Waals surface area contributed by atoms with Gasteiger partial charge < -0.3 is 21.7 Å². The number of rotatable bonds is 4. The molecule has 0 unspecified atom stereocenters. The van der Waals surface area contributed by atoms with E-state index in [2.05, 4.69) is 0 Å². The zero-order chi connectivity index (χ0) is 16.6. The van der Waals surface area contributed by atoms with Gasteiger partial charge in [-0.2, -0.15) is 0 Å². The Labute approximate surface area is 122 Å². The monoisotopic (exact) mass is 302 g/mol. The molecule has 22 heavy (non-hydrogen) atoms. The molecule has 0 aliphatic rings. The Morgan fingerprint density at radius 3 is 1.14 bits per heavy atom. The lowest BCUT2D eigenvalue weighted by Crippen LogP contribution is -2.18. The largest absolute Gasteiger partial charge is 0.478 e. The molecule has 0 bridgehead atoms. The molecule has 0 aromatic heterocycles. The summed E-state index contributed by atoms with van der Waals surface area (Å²) in [6.45, 7) is 0. The summed E-state index contributed by atoms with van der Waals surface area (Å²) in [6.07, 6.45) is 0. The summed E-state index contributed by atoms with van der Waals surface area (Å²) in [5.41, 5.74) is 9.30. The van der Waals surface area contributed by atoms with Crippen LogP contribution in [0, 0.1) is 0 Å². The summed E-state index contributed by atoms with van der Waals surface area (Å²) < 4.78 is 0. The number of amides is 2. The molecule has 0 saturated carbocycles. The minimum absolute atomic E-state index is 0.208. The SMILES string of the molecule is NC(=O)c1ccc(C(N)=O)c2c(C(=O)O)ccc(C(=O)O)c12. The van der Waals surface area contributed by atoms with Crippen molar-refractivity contribution in [1.29, 1.82) is 0 Å². The van der Waals surface area contributed by atoms with Crippen LogP contribution in [-0.2, 0) is 0 Å². The molecule has 0 saturated heterocycles. The summed E-state index contributed by atoms with van der Waals surface area (Å²) in [5.74, 6) is -4.70. The standard InChI is InChI=1S/C14H10N2O6/c15-11(17)5-1-2-6(12(16)18)10-8(14(21)22)4-3-7(9(5)10)13(19)20/h1-4H,(H2,15,17)(H2,16,18)(H,19,20)(H,21,22). The first kappa shape index (κ1) is 15.0. The van der Waals surface area contributed by atoms with Crippen LogP contribution in [0.2, 0.25) is 0 Å². The number of hydrogen-bond donors (Lipinski definition) is 4. The number of aromatic carboxylic acids is 2. The number of hydrogen-bond acceptors (Lipinski definition) is 4. The molecule has 0 fully saturated rings. The number of carbonyl (C=O) groups excluding carboxylic acids is 2. The van der Waals surface area contributed by atoms with Crippen LogP contribution in [0.25, 0.3) is 10.8 Å². The number of fused-ring (bicyclic) bond motifs is 1. The Balaban J connectivity index is 3.17. The van der Waals surface area contributed by atoms with Crippen molar-refractivity contribution >= 4 is 34.5 Å². The van der Waals surface area contributed by atoms with Crippen LogP contribution >= 0.6 is 0 Å². The summed E-state index contributed by atoms with van der Waals surface area (Å²) >= 11 is 0. The lowest BCUT2D eigenvalue weighted by Gasteiger charge is -2.12. The molecule has 0 aliphatic heterocycles. The normalized spacial score (nSPS) is 10.4. The van der Waals surface area contributed by atoms with Crippen molar-refractivity contribution in [2.75, 3.05) is 0 Å². The molecule has 8 nitrogen and oxygen atoms in total. The van der Waals surface area contributed by atoms with Gasteiger partial charge >= 0.3 is 11.9 Å². The molecule has 2 aromatic rings. The lowest BCUT2D eigenvalue weighted by molar-refractivity contribution is 0.0684. The number of benzene rings is 2. The molecule has 0 heterocycles. The van der Waals surface area contributed by atoms with E-state index < -0.39 is 23.8 Å². The first-order valence-electron chi connectivity index (χ1n) is 5.91. The predicted octanol–water partition coefficient (Wildman–Crippen LogP) is 0.434. The highest BCUT2D eigenvalue weighted by molar-refractivity contribution is 6.22. The molecule has 112 valence electrons. The van der Waals surface area contributed by atoms with Gasteiger partial charge in [-0.1, -0.05) is 0 Å². The van der Waals surface area contributed by atoms with Crippen LogP contribution in [-0.4, -0.2) is 34.0 Å². The first-order chi connectivity index (χ1) is 10.3. The molecule has 0 spiro atoms. The highest BCUT2D eigenvalue weighted by atomic mass is 16.4. The van der Waals surface area contributed by atoms with E-state index in [4.69, 9.17) is 11.5 Å². The summed E-state index contributed by atoms with van der Waals surface area (Å²) in [6, 6.07) is 4.35. The van der Waals surface area contributed by atoms with Crippen LogP contribution in [0.4, 0.5) is 0 Å². The zero-order valence-electron chi connectivity index (χ0n) is 11.0. The van der Waals surface area contributed by atoms with Crippen LogP contribution in [0.5, 0.6) is 0 Å². The van der Waals surface area contributed by atoms with Crippen molar-refractivity contribution in [2.24, 2.45) is 11.5 Å². The maximum absolute atomic E-state index is 11.5. The molecule has 2 amide bonds. The highest BCUT2D eigenvalue weighted by Crippen LogP contribution is 2.30. The quantitative estimate of drug-likeness (QED) is 0.640. The van der Waals surface area contributed by atoms with E-state index in [1.807, 2.05) is 0 Å². The van der Waals surface area contributed by atoms with E-state index in [0.717, 1.165) is 24.3 Å². The molecular weight excluding hydrogens is 292 g/mol. The third-order valence-corrected chi connectivity index (χ3v) is 3.15. The molecule has 0 atom stereocenters. The summed E-state index contributed by atoms with van der Waals surface area (Å²) in [7, 11) is 0. The number of primary amides is 2. The molecule has 2 aromatic carbocycles. The Morgan fingerprint density at radius 1 is 0.636 bits per heavy atom. The molecular formula is C14H10N2O6. The van der Waals surface area contributed by atoms with Crippen LogP contribution < -0.4 is 11.5 Å². The van der Waals surface area contributed by atoms with Crippen LogP contribution in [0.15, 0.2) is 24.3 Å². The van der Waals surface area contributed by atoms with Gasteiger partial charge in [0, 0.05) is 21.9 Å². The minimum atomic E-state index is -1.40. The number of carbonyl (C=O) groups is 4. The Bertz CT molecular complexity index is 719. The molecule has 8 heteroatoms. The zero-order valence-corrected chi connectivity index (χ0v) is 11.0. The average molecular weight is 302 g/mol. The van der Waals surface area contributed by atoms with Gasteiger partial charge in [0.1, 0.15) is 0 Å². The van der Waals surface area contributed by atoms with E-state index in [1.54, 1.807) is 0 Å². The first-order valence-corrected chi connectivity index (χ1v) is 5.91. The number of carboxylic acid groups (broad SMARTS) is 2.